The number of likely N-dealkylation sites (N-methyl/N-ethyl adjacent to an activating group) is 2. The number of aliphatic hydroxyl groups excluding tert-OH is 3. The molecule has 0 amide bonds. The van der Waals surface area contributed by atoms with Crippen LogP contribution >= 0.6 is 0 Å². The number of rotatable bonds is 18. The van der Waals surface area contributed by atoms with Gasteiger partial charge in [-0.25, -0.2) is 4.68 Å². The first kappa shape index (κ1) is 61.7. The normalized spacial score (nSPS) is 37.7. The molecule has 76 heavy (non-hydrogen) atoms. The van der Waals surface area contributed by atoms with Crippen LogP contribution < -0.4 is 0 Å². The Morgan fingerprint density at radius 1 is 0.855 bits per heavy atom. The molecule has 0 aliphatic carbocycles. The van der Waals surface area contributed by atoms with E-state index in [2.05, 4.69) is 56.7 Å². The molecule has 3 saturated heterocycles. The molecule has 19 nitrogen and oxygen atoms in total. The summed E-state index contributed by atoms with van der Waals surface area (Å²) in [7, 11) is 5.38. The van der Waals surface area contributed by atoms with E-state index in [1.165, 1.54) is 12.5 Å². The number of hydrogen-bond acceptors (Lipinski definition) is 17. The van der Waals surface area contributed by atoms with Crippen molar-refractivity contribution in [2.24, 2.45) is 23.7 Å². The summed E-state index contributed by atoms with van der Waals surface area (Å²) in [6, 6.07) is 7.57. The Morgan fingerprint density at radius 2 is 1.54 bits per heavy atom. The number of aryl methyl sites for hydroxylation is 3. The number of carbonyl (C=O) groups is 1. The van der Waals surface area contributed by atoms with Gasteiger partial charge in [-0.1, -0.05) is 63.6 Å². The van der Waals surface area contributed by atoms with Gasteiger partial charge < -0.3 is 59.0 Å². The predicted molar refractivity (Wildman–Crippen MR) is 288 cm³/mol. The molecule has 1 aromatic carbocycles. The maximum Gasteiger partial charge on any atom is 0.309 e. The Balaban J connectivity index is 1.16. The molecule has 6 rings (SSSR count). The van der Waals surface area contributed by atoms with Gasteiger partial charge in [0.25, 0.3) is 0 Å². The molecular weight excluding hydrogens is 973 g/mol. The van der Waals surface area contributed by atoms with Crippen LogP contribution in [0.25, 0.3) is 5.69 Å². The van der Waals surface area contributed by atoms with Crippen LogP contribution in [0.2, 0.25) is 0 Å². The molecule has 3 aromatic rings. The molecule has 18 atom stereocenters. The number of hydrogen-bond donors (Lipinski definition) is 5. The number of nitrogens with zero attached hydrogens (tertiary/aromatic N) is 8. The van der Waals surface area contributed by atoms with Crippen LogP contribution in [-0.4, -0.2) is 190 Å². The molecule has 430 valence electrons. The second-order valence-corrected chi connectivity index (χ2v) is 23.9. The van der Waals surface area contributed by atoms with E-state index in [-0.39, 0.29) is 37.3 Å². The van der Waals surface area contributed by atoms with Gasteiger partial charge in [0.15, 0.2) is 6.29 Å². The molecule has 0 spiro atoms. The fourth-order valence-corrected chi connectivity index (χ4v) is 12.5. The average molecular weight is 1070 g/mol. The van der Waals surface area contributed by atoms with Crippen LogP contribution in [0.3, 0.4) is 0 Å². The van der Waals surface area contributed by atoms with E-state index in [1.807, 2.05) is 75.4 Å². The average Bonchev–Trinajstić information content (AvgIpc) is 4.06. The second kappa shape index (κ2) is 26.7. The van der Waals surface area contributed by atoms with E-state index in [0.29, 0.717) is 25.9 Å². The number of aliphatic hydroxyl groups is 5. The van der Waals surface area contributed by atoms with Gasteiger partial charge in [-0.05, 0) is 137 Å². The van der Waals surface area contributed by atoms with Crippen molar-refractivity contribution in [3.63, 3.8) is 0 Å². The SMILES string of the molecule is CCCCc1cn(-c2ccc(CCCCn3cc(CCN(C)[C@H]4C[C@@H](C)O[C@@H](O[C@@H]5[C@@H](C)[C@H](C6C[C@@](C)(OC)[C@@H](O)[C@H](C)O6)[C@@H](C)C(=O)O[C@H](CC)[C@@](C)(O)[C@H](O)[C@@H](C)N(C)C[C@H](C)C[C@@]5(C)O)[C@@H]4O)nn3)cc2)nn1. The lowest BCUT2D eigenvalue weighted by Gasteiger charge is -2.51. The molecule has 3 aliphatic heterocycles. The van der Waals surface area contributed by atoms with Crippen molar-refractivity contribution in [3.8, 4) is 5.69 Å². The Morgan fingerprint density at radius 3 is 2.21 bits per heavy atom. The summed E-state index contributed by atoms with van der Waals surface area (Å²) < 4.78 is 36.0. The van der Waals surface area contributed by atoms with Crippen molar-refractivity contribution in [2.75, 3.05) is 34.3 Å². The van der Waals surface area contributed by atoms with Crippen molar-refractivity contribution >= 4 is 5.97 Å². The minimum absolute atomic E-state index is 0.163. The maximum atomic E-state index is 14.6. The number of aromatic nitrogens is 6. The van der Waals surface area contributed by atoms with E-state index >= 15 is 0 Å². The van der Waals surface area contributed by atoms with Gasteiger partial charge in [0.1, 0.15) is 30.0 Å². The monoisotopic (exact) mass is 1070 g/mol. The Labute approximate surface area is 452 Å². The lowest BCUT2D eigenvalue weighted by Crippen LogP contribution is -2.62. The quantitative estimate of drug-likeness (QED) is 0.0801. The number of cyclic esters (lactones) is 1. The molecular formula is C57H96N8O11. The Kier molecular flexibility index (Phi) is 21.7. The highest BCUT2D eigenvalue weighted by Gasteiger charge is 2.55. The first-order chi connectivity index (χ1) is 35.8. The van der Waals surface area contributed by atoms with Gasteiger partial charge in [-0.2, -0.15) is 0 Å². The van der Waals surface area contributed by atoms with Gasteiger partial charge in [-0.15, -0.1) is 10.2 Å². The minimum Gasteiger partial charge on any atom is -0.459 e. The zero-order valence-electron chi connectivity index (χ0n) is 48.3. The summed E-state index contributed by atoms with van der Waals surface area (Å²) in [5.41, 5.74) is -0.298. The van der Waals surface area contributed by atoms with Crippen molar-refractivity contribution < 1.29 is 54.0 Å². The summed E-state index contributed by atoms with van der Waals surface area (Å²) in [5, 5.41) is 77.8. The van der Waals surface area contributed by atoms with Gasteiger partial charge in [0.05, 0.1) is 64.8 Å². The topological polar surface area (TPSA) is 232 Å². The fraction of sp³-hybridized carbons (Fsp3) is 0.807. The number of ether oxygens (including phenoxy) is 5. The van der Waals surface area contributed by atoms with Crippen LogP contribution in [0.4, 0.5) is 0 Å². The molecule has 0 saturated carbocycles. The van der Waals surface area contributed by atoms with Crippen LogP contribution in [0.15, 0.2) is 36.7 Å². The zero-order chi connectivity index (χ0) is 55.9. The zero-order valence-corrected chi connectivity index (χ0v) is 48.3. The third-order valence-electron chi connectivity index (χ3n) is 17.4. The molecule has 0 radical (unpaired) electrons. The predicted octanol–water partition coefficient (Wildman–Crippen LogP) is 5.32. The van der Waals surface area contributed by atoms with Gasteiger partial charge >= 0.3 is 5.97 Å². The molecule has 1 unspecified atom stereocenters. The first-order valence-corrected chi connectivity index (χ1v) is 28.3. The largest absolute Gasteiger partial charge is 0.459 e. The molecule has 3 aliphatic rings. The van der Waals surface area contributed by atoms with E-state index in [1.54, 1.807) is 34.8 Å². The second-order valence-electron chi connectivity index (χ2n) is 23.9. The highest BCUT2D eigenvalue weighted by Crippen LogP contribution is 2.45. The third kappa shape index (κ3) is 14.8. The molecule has 5 heterocycles. The van der Waals surface area contributed by atoms with E-state index < -0.39 is 95.6 Å². The smallest absolute Gasteiger partial charge is 0.309 e. The van der Waals surface area contributed by atoms with E-state index in [9.17, 15) is 30.3 Å². The molecule has 0 bridgehead atoms. The van der Waals surface area contributed by atoms with Gasteiger partial charge in [0.2, 0.25) is 0 Å². The minimum atomic E-state index is -1.81. The number of benzene rings is 1. The van der Waals surface area contributed by atoms with Crippen molar-refractivity contribution in [3.05, 3.63) is 53.6 Å². The standard InChI is InChI=1S/C57H96N8O11/c1-15-17-21-42-34-65(61-59-42)44-24-22-41(23-25-44)20-18-19-27-64-33-43(58-60-64)26-28-62(12)45-29-36(4)73-54(49(45)66)76-52-37(5)48(46-31-56(10,72-14)51(68)40(8)74-46)38(6)53(69)75-47(16-2)57(11,71)50(67)39(7)63(13)32-35(3)30-55(52,9)70/h22-25,33-40,45-52,54,66-68,70-71H,15-21,26-32H2,1-14H3/t35-,36-,37+,38-,39-,40+,45+,46?,47-,48+,49-,50-,51+,52-,54+,55-,56-,57-/m1/s1. The summed E-state index contributed by atoms with van der Waals surface area (Å²) >= 11 is 0. The lowest BCUT2D eigenvalue weighted by molar-refractivity contribution is -0.302. The fourth-order valence-electron chi connectivity index (χ4n) is 12.5. The molecule has 19 heteroatoms. The lowest BCUT2D eigenvalue weighted by atomic mass is 9.68. The van der Waals surface area contributed by atoms with Crippen LogP contribution in [0, 0.1) is 23.7 Å². The number of unbranched alkanes of at least 4 members (excludes halogenated alkanes) is 2. The maximum absolute atomic E-state index is 14.6. The Bertz CT molecular complexity index is 2250. The molecule has 3 fully saturated rings. The van der Waals surface area contributed by atoms with Crippen LogP contribution in [0.1, 0.15) is 144 Å². The first-order valence-electron chi connectivity index (χ1n) is 28.3. The third-order valence-corrected chi connectivity index (χ3v) is 17.4. The molecule has 5 N–H and O–H groups in total. The molecule has 2 aromatic heterocycles. The summed E-state index contributed by atoms with van der Waals surface area (Å²) in [4.78, 5) is 18.7. The van der Waals surface area contributed by atoms with Gasteiger partial charge in [0, 0.05) is 63.8 Å². The van der Waals surface area contributed by atoms with E-state index in [0.717, 1.165) is 62.1 Å². The van der Waals surface area contributed by atoms with Crippen molar-refractivity contribution in [1.29, 1.82) is 0 Å². The Hall–Kier alpha value is -3.47. The van der Waals surface area contributed by atoms with Gasteiger partial charge in [-0.3, -0.25) is 9.48 Å². The number of esters is 1. The summed E-state index contributed by atoms with van der Waals surface area (Å²) in [6.07, 6.45) is 3.49. The summed E-state index contributed by atoms with van der Waals surface area (Å²) in [6.45, 7) is 22.0. The highest BCUT2D eigenvalue weighted by molar-refractivity contribution is 5.73. The van der Waals surface area contributed by atoms with Crippen molar-refractivity contribution in [1.82, 2.24) is 39.8 Å². The van der Waals surface area contributed by atoms with Crippen LogP contribution in [0.5, 0.6) is 0 Å². The van der Waals surface area contributed by atoms with E-state index in [4.69, 9.17) is 23.7 Å². The highest BCUT2D eigenvalue weighted by atomic mass is 16.7. The number of methoxy groups -OCH3 is 1. The number of carbonyl (C=O) groups excluding carboxylic acids is 1. The summed E-state index contributed by atoms with van der Waals surface area (Å²) in [5.74, 6) is -3.09. The van der Waals surface area contributed by atoms with Crippen molar-refractivity contribution in [2.45, 2.75) is 237 Å². The van der Waals surface area contributed by atoms with Crippen LogP contribution in [-0.2, 0) is 54.3 Å².